The summed E-state index contributed by atoms with van der Waals surface area (Å²) in [6.45, 7) is 1.99. The molecular formula is C21H25NO3S. The number of carbonyl (C=O) groups is 2. The van der Waals surface area contributed by atoms with E-state index < -0.39 is 16.7 Å². The Morgan fingerprint density at radius 2 is 1.69 bits per heavy atom. The van der Waals surface area contributed by atoms with Gasteiger partial charge in [-0.25, -0.2) is 4.90 Å². The molecule has 26 heavy (non-hydrogen) atoms. The third kappa shape index (κ3) is 2.96. The number of imide groups is 1. The number of benzene rings is 1. The van der Waals surface area contributed by atoms with Crippen molar-refractivity contribution in [1.29, 1.82) is 0 Å². The van der Waals surface area contributed by atoms with E-state index in [9.17, 15) is 13.8 Å². The second-order valence-corrected chi connectivity index (χ2v) is 9.62. The molecule has 1 aromatic carbocycles. The summed E-state index contributed by atoms with van der Waals surface area (Å²) < 4.78 is 13.3. The van der Waals surface area contributed by atoms with Crippen molar-refractivity contribution in [3.63, 3.8) is 0 Å². The molecule has 1 heterocycles. The third-order valence-electron chi connectivity index (χ3n) is 5.98. The van der Waals surface area contributed by atoms with E-state index in [1.165, 1.54) is 11.3 Å². The molecule has 1 unspecified atom stereocenters. The minimum Gasteiger partial charge on any atom is -0.274 e. The van der Waals surface area contributed by atoms with Crippen LogP contribution in [-0.4, -0.2) is 26.5 Å². The summed E-state index contributed by atoms with van der Waals surface area (Å²) in [7, 11) is -1.11. The first-order valence-corrected chi connectivity index (χ1v) is 10.8. The van der Waals surface area contributed by atoms with Crippen LogP contribution in [0.5, 0.6) is 0 Å². The lowest BCUT2D eigenvalue weighted by Crippen LogP contribution is -2.40. The average molecular weight is 372 g/mol. The van der Waals surface area contributed by atoms with Crippen molar-refractivity contribution in [2.45, 2.75) is 55.9 Å². The highest BCUT2D eigenvalue weighted by molar-refractivity contribution is 7.86. The molecule has 1 saturated heterocycles. The molecule has 0 aromatic heterocycles. The van der Waals surface area contributed by atoms with Crippen molar-refractivity contribution >= 4 is 28.3 Å². The molecule has 2 fully saturated rings. The Bertz CT molecular complexity index is 767. The molecule has 0 bridgehead atoms. The van der Waals surface area contributed by atoms with Crippen LogP contribution in [0.25, 0.3) is 0 Å². The average Bonchev–Trinajstić information content (AvgIpc) is 2.92. The Labute approximate surface area is 157 Å². The van der Waals surface area contributed by atoms with Crippen molar-refractivity contribution in [3.05, 3.63) is 42.0 Å². The van der Waals surface area contributed by atoms with Crippen LogP contribution in [0.15, 0.2) is 42.0 Å². The quantitative estimate of drug-likeness (QED) is 0.603. The first-order chi connectivity index (χ1) is 12.6. The molecule has 1 aliphatic heterocycles. The van der Waals surface area contributed by atoms with Crippen LogP contribution in [-0.2, 0) is 20.4 Å². The maximum absolute atomic E-state index is 13.3. The van der Waals surface area contributed by atoms with Crippen molar-refractivity contribution in [2.24, 2.45) is 11.8 Å². The molecule has 0 spiro atoms. The highest BCUT2D eigenvalue weighted by Gasteiger charge is 2.54. The van der Waals surface area contributed by atoms with Gasteiger partial charge < -0.3 is 0 Å². The second kappa shape index (κ2) is 7.10. The number of hydrogen-bond donors (Lipinski definition) is 0. The molecule has 4 nitrogen and oxygen atoms in total. The fourth-order valence-corrected chi connectivity index (χ4v) is 6.90. The lowest BCUT2D eigenvalue weighted by molar-refractivity contribution is -0.122. The van der Waals surface area contributed by atoms with Gasteiger partial charge in [0, 0.05) is 16.0 Å². The van der Waals surface area contributed by atoms with Crippen molar-refractivity contribution in [2.75, 3.05) is 4.90 Å². The predicted molar refractivity (Wildman–Crippen MR) is 103 cm³/mol. The number of amides is 2. The predicted octanol–water partition coefficient (Wildman–Crippen LogP) is 3.59. The molecule has 4 atom stereocenters. The maximum Gasteiger partial charge on any atom is 0.239 e. The van der Waals surface area contributed by atoms with Gasteiger partial charge in [-0.05, 0) is 38.3 Å². The highest BCUT2D eigenvalue weighted by atomic mass is 32.2. The zero-order chi connectivity index (χ0) is 18.3. The van der Waals surface area contributed by atoms with Crippen LogP contribution in [0.2, 0.25) is 0 Å². The summed E-state index contributed by atoms with van der Waals surface area (Å²) in [5.74, 6) is -1.16. The molecule has 2 aliphatic carbocycles. The number of nitrogens with zero attached hydrogens (tertiary/aromatic N) is 1. The molecule has 1 aromatic rings. The molecule has 0 radical (unpaired) electrons. The first kappa shape index (κ1) is 17.7. The van der Waals surface area contributed by atoms with Crippen LogP contribution < -0.4 is 4.90 Å². The summed E-state index contributed by atoms with van der Waals surface area (Å²) in [5, 5.41) is -0.174. The van der Waals surface area contributed by atoms with E-state index >= 15 is 0 Å². The summed E-state index contributed by atoms with van der Waals surface area (Å²) in [5.41, 5.74) is 1.70. The van der Waals surface area contributed by atoms with E-state index in [1.807, 2.05) is 31.2 Å². The Morgan fingerprint density at radius 1 is 1.00 bits per heavy atom. The smallest absolute Gasteiger partial charge is 0.239 e. The van der Waals surface area contributed by atoms with E-state index in [1.54, 1.807) is 12.1 Å². The fraction of sp³-hybridized carbons (Fsp3) is 0.524. The number of carbonyl (C=O) groups excluding carboxylic acids is 2. The zero-order valence-corrected chi connectivity index (χ0v) is 15.9. The lowest BCUT2D eigenvalue weighted by atomic mass is 9.81. The summed E-state index contributed by atoms with van der Waals surface area (Å²) in [4.78, 5) is 27.5. The largest absolute Gasteiger partial charge is 0.274 e. The highest BCUT2D eigenvalue weighted by Crippen LogP contribution is 2.43. The molecule has 1 saturated carbocycles. The van der Waals surface area contributed by atoms with Crippen LogP contribution in [0.1, 0.15) is 45.4 Å². The summed E-state index contributed by atoms with van der Waals surface area (Å²) in [6.07, 6.45) is 7.99. The normalized spacial score (nSPS) is 30.9. The minimum absolute atomic E-state index is 0.135. The molecule has 138 valence electrons. The number of anilines is 1. The van der Waals surface area contributed by atoms with Gasteiger partial charge >= 0.3 is 0 Å². The van der Waals surface area contributed by atoms with E-state index in [-0.39, 0.29) is 28.2 Å². The van der Waals surface area contributed by atoms with Crippen LogP contribution in [0.4, 0.5) is 5.69 Å². The number of rotatable bonds is 3. The molecule has 5 heteroatoms. The van der Waals surface area contributed by atoms with E-state index in [0.717, 1.165) is 31.3 Å². The van der Waals surface area contributed by atoms with Gasteiger partial charge in [0.15, 0.2) is 0 Å². The van der Waals surface area contributed by atoms with Gasteiger partial charge in [0.1, 0.15) is 0 Å². The van der Waals surface area contributed by atoms with Gasteiger partial charge in [-0.1, -0.05) is 49.1 Å². The van der Waals surface area contributed by atoms with Crippen molar-refractivity contribution in [1.82, 2.24) is 0 Å². The number of allylic oxidation sites excluding steroid dienone is 1. The Kier molecular flexibility index (Phi) is 4.82. The van der Waals surface area contributed by atoms with Crippen molar-refractivity contribution in [3.8, 4) is 0 Å². The Balaban J connectivity index is 1.66. The van der Waals surface area contributed by atoms with Gasteiger partial charge in [-0.3, -0.25) is 13.8 Å². The van der Waals surface area contributed by atoms with Gasteiger partial charge in [0.25, 0.3) is 0 Å². The van der Waals surface area contributed by atoms with E-state index in [0.29, 0.717) is 12.1 Å². The third-order valence-corrected chi connectivity index (χ3v) is 8.08. The zero-order valence-electron chi connectivity index (χ0n) is 15.1. The van der Waals surface area contributed by atoms with Gasteiger partial charge in [0.2, 0.25) is 11.8 Å². The Hall–Kier alpha value is -1.75. The van der Waals surface area contributed by atoms with Gasteiger partial charge in [-0.2, -0.15) is 0 Å². The number of hydrogen-bond acceptors (Lipinski definition) is 3. The first-order valence-electron chi connectivity index (χ1n) is 9.57. The molecule has 3 aliphatic rings. The fourth-order valence-electron chi connectivity index (χ4n) is 4.69. The monoisotopic (exact) mass is 371 g/mol. The minimum atomic E-state index is -1.11. The maximum atomic E-state index is 13.3. The SMILES string of the molecule is CC1=C[C@@H](S(=O)C2CCCCC2)[C@@H]2C(=O)N(c3ccccc3)C(=O)[C@@H]2C1. The van der Waals surface area contributed by atoms with Crippen LogP contribution in [0.3, 0.4) is 0 Å². The Morgan fingerprint density at radius 3 is 2.38 bits per heavy atom. The summed E-state index contributed by atoms with van der Waals surface area (Å²) in [6, 6.07) is 9.12. The lowest BCUT2D eigenvalue weighted by Gasteiger charge is -2.32. The van der Waals surface area contributed by atoms with Gasteiger partial charge in [0.05, 0.1) is 22.8 Å². The molecule has 2 amide bonds. The number of fused-ring (bicyclic) bond motifs is 1. The van der Waals surface area contributed by atoms with Crippen LogP contribution >= 0.6 is 0 Å². The summed E-state index contributed by atoms with van der Waals surface area (Å²) >= 11 is 0. The van der Waals surface area contributed by atoms with Gasteiger partial charge in [-0.15, -0.1) is 0 Å². The van der Waals surface area contributed by atoms with Crippen molar-refractivity contribution < 1.29 is 13.8 Å². The molecule has 0 N–H and O–H groups in total. The molecular weight excluding hydrogens is 346 g/mol. The second-order valence-electron chi connectivity index (χ2n) is 7.75. The standard InChI is InChI=1S/C21H25NO3S/c1-14-12-17-19(18(13-14)26(25)16-10-6-3-7-11-16)21(24)22(20(17)23)15-8-4-2-5-9-15/h2,4-5,8-9,13,16-19H,3,6-7,10-12H2,1H3/t17-,18-,19-,26?/m1/s1. The van der Waals surface area contributed by atoms with E-state index in [4.69, 9.17) is 0 Å². The van der Waals surface area contributed by atoms with E-state index in [2.05, 4.69) is 0 Å². The molecule has 4 rings (SSSR count). The number of para-hydroxylation sites is 1. The van der Waals surface area contributed by atoms with Crippen LogP contribution in [0, 0.1) is 11.8 Å². The topological polar surface area (TPSA) is 54.5 Å².